The topological polar surface area (TPSA) is 55.1 Å². The van der Waals surface area contributed by atoms with Crippen LogP contribution in [0.5, 0.6) is 0 Å². The first-order valence-electron chi connectivity index (χ1n) is 8.10. The number of rotatable bonds is 3. The minimum Gasteiger partial charge on any atom is -0.353 e. The van der Waals surface area contributed by atoms with Gasteiger partial charge in [-0.15, -0.1) is 0 Å². The largest absolute Gasteiger partial charge is 0.353 e. The Hall–Kier alpha value is -0.570. The van der Waals surface area contributed by atoms with Crippen molar-refractivity contribution in [1.82, 2.24) is 5.32 Å². The van der Waals surface area contributed by atoms with Crippen LogP contribution >= 0.6 is 0 Å². The number of amides is 1. The highest BCUT2D eigenvalue weighted by atomic mass is 16.1. The summed E-state index contributed by atoms with van der Waals surface area (Å²) in [5, 5.41) is 3.32. The van der Waals surface area contributed by atoms with Crippen molar-refractivity contribution in [2.24, 2.45) is 29.4 Å². The average molecular weight is 266 g/mol. The highest BCUT2D eigenvalue weighted by Crippen LogP contribution is 2.31. The molecule has 5 unspecified atom stereocenters. The van der Waals surface area contributed by atoms with E-state index in [1.54, 1.807) is 0 Å². The highest BCUT2D eigenvalue weighted by molar-refractivity contribution is 5.79. The van der Waals surface area contributed by atoms with Crippen molar-refractivity contribution in [2.45, 2.75) is 64.8 Å². The summed E-state index contributed by atoms with van der Waals surface area (Å²) in [5.41, 5.74) is 5.76. The maximum atomic E-state index is 12.4. The SMILES string of the molecule is CC1CCC(NC(=O)C2CCCC(CN)C2)C(C)C1. The lowest BCUT2D eigenvalue weighted by atomic mass is 9.78. The van der Waals surface area contributed by atoms with E-state index in [1.165, 1.54) is 19.3 Å². The van der Waals surface area contributed by atoms with Gasteiger partial charge in [0.25, 0.3) is 0 Å². The molecule has 0 bridgehead atoms. The van der Waals surface area contributed by atoms with Crippen molar-refractivity contribution in [3.63, 3.8) is 0 Å². The maximum Gasteiger partial charge on any atom is 0.223 e. The Balaban J connectivity index is 1.83. The fourth-order valence-corrected chi connectivity index (χ4v) is 3.92. The van der Waals surface area contributed by atoms with Gasteiger partial charge in [-0.2, -0.15) is 0 Å². The molecule has 1 amide bonds. The number of carbonyl (C=O) groups is 1. The van der Waals surface area contributed by atoms with Crippen molar-refractivity contribution >= 4 is 5.91 Å². The number of hydrogen-bond donors (Lipinski definition) is 2. The quantitative estimate of drug-likeness (QED) is 0.825. The van der Waals surface area contributed by atoms with E-state index >= 15 is 0 Å². The Morgan fingerprint density at radius 2 is 1.95 bits per heavy atom. The highest BCUT2D eigenvalue weighted by Gasteiger charge is 2.31. The smallest absolute Gasteiger partial charge is 0.223 e. The summed E-state index contributed by atoms with van der Waals surface area (Å²) in [6.45, 7) is 5.34. The van der Waals surface area contributed by atoms with Crippen molar-refractivity contribution in [2.75, 3.05) is 6.54 Å². The molecule has 0 aromatic heterocycles. The summed E-state index contributed by atoms with van der Waals surface area (Å²) in [4.78, 5) is 12.4. The van der Waals surface area contributed by atoms with Gasteiger partial charge >= 0.3 is 0 Å². The van der Waals surface area contributed by atoms with E-state index < -0.39 is 0 Å². The molecule has 0 aromatic carbocycles. The predicted octanol–water partition coefficient (Wildman–Crippen LogP) is 2.69. The van der Waals surface area contributed by atoms with E-state index in [2.05, 4.69) is 19.2 Å². The molecule has 3 heteroatoms. The molecular formula is C16H30N2O. The van der Waals surface area contributed by atoms with E-state index in [-0.39, 0.29) is 5.92 Å². The molecule has 5 atom stereocenters. The average Bonchev–Trinajstić information content (AvgIpc) is 2.42. The number of carbonyl (C=O) groups excluding carboxylic acids is 1. The van der Waals surface area contributed by atoms with Gasteiger partial charge in [-0.1, -0.05) is 20.3 Å². The summed E-state index contributed by atoms with van der Waals surface area (Å²) in [6, 6.07) is 0.405. The molecule has 0 aliphatic heterocycles. The Labute approximate surface area is 117 Å². The van der Waals surface area contributed by atoms with Gasteiger partial charge in [0.2, 0.25) is 5.91 Å². The lowest BCUT2D eigenvalue weighted by Gasteiger charge is -2.35. The zero-order valence-electron chi connectivity index (χ0n) is 12.5. The molecule has 0 saturated heterocycles. The van der Waals surface area contributed by atoms with Gasteiger partial charge in [0.05, 0.1) is 0 Å². The molecule has 2 rings (SSSR count). The van der Waals surface area contributed by atoms with Gasteiger partial charge in [0, 0.05) is 12.0 Å². The lowest BCUT2D eigenvalue weighted by Crippen LogP contribution is -2.45. The van der Waals surface area contributed by atoms with Crippen LogP contribution in [0.2, 0.25) is 0 Å². The fraction of sp³-hybridized carbons (Fsp3) is 0.938. The third-order valence-electron chi connectivity index (χ3n) is 5.25. The van der Waals surface area contributed by atoms with Crippen LogP contribution in [-0.4, -0.2) is 18.5 Å². The Morgan fingerprint density at radius 1 is 1.16 bits per heavy atom. The summed E-state index contributed by atoms with van der Waals surface area (Å²) in [6.07, 6.45) is 8.09. The van der Waals surface area contributed by atoms with Crippen LogP contribution in [0.4, 0.5) is 0 Å². The molecule has 0 radical (unpaired) electrons. The summed E-state index contributed by atoms with van der Waals surface area (Å²) >= 11 is 0. The van der Waals surface area contributed by atoms with Crippen LogP contribution < -0.4 is 11.1 Å². The van der Waals surface area contributed by atoms with Crippen molar-refractivity contribution in [3.8, 4) is 0 Å². The predicted molar refractivity (Wildman–Crippen MR) is 78.6 cm³/mol. The molecule has 2 saturated carbocycles. The zero-order valence-corrected chi connectivity index (χ0v) is 12.5. The van der Waals surface area contributed by atoms with E-state index in [0.29, 0.717) is 23.8 Å². The number of nitrogens with two attached hydrogens (primary N) is 1. The molecule has 0 aromatic rings. The van der Waals surface area contributed by atoms with Crippen molar-refractivity contribution in [3.05, 3.63) is 0 Å². The van der Waals surface area contributed by atoms with Crippen LogP contribution in [0.3, 0.4) is 0 Å². The molecule has 19 heavy (non-hydrogen) atoms. The van der Waals surface area contributed by atoms with E-state index in [9.17, 15) is 4.79 Å². The molecule has 2 aliphatic rings. The summed E-state index contributed by atoms with van der Waals surface area (Å²) in [5.74, 6) is 2.52. The van der Waals surface area contributed by atoms with Gasteiger partial charge < -0.3 is 11.1 Å². The van der Waals surface area contributed by atoms with Crippen LogP contribution in [-0.2, 0) is 4.79 Å². The first kappa shape index (κ1) is 14.8. The van der Waals surface area contributed by atoms with E-state index in [4.69, 9.17) is 5.73 Å². The zero-order chi connectivity index (χ0) is 13.8. The van der Waals surface area contributed by atoms with E-state index in [0.717, 1.165) is 38.1 Å². The normalized spacial score (nSPS) is 39.8. The van der Waals surface area contributed by atoms with Crippen LogP contribution in [0, 0.1) is 23.7 Å². The minimum atomic E-state index is 0.217. The molecule has 2 aliphatic carbocycles. The standard InChI is InChI=1S/C16H30N2O/c1-11-6-7-15(12(2)8-11)18-16(19)14-5-3-4-13(9-14)10-17/h11-15H,3-10,17H2,1-2H3,(H,18,19). The Bertz CT molecular complexity index is 305. The Morgan fingerprint density at radius 3 is 2.63 bits per heavy atom. The first-order valence-corrected chi connectivity index (χ1v) is 8.10. The van der Waals surface area contributed by atoms with Crippen LogP contribution in [0.25, 0.3) is 0 Å². The summed E-state index contributed by atoms with van der Waals surface area (Å²) in [7, 11) is 0. The molecule has 110 valence electrons. The molecule has 3 N–H and O–H groups in total. The number of nitrogens with one attached hydrogen (secondary N) is 1. The monoisotopic (exact) mass is 266 g/mol. The third-order valence-corrected chi connectivity index (χ3v) is 5.25. The van der Waals surface area contributed by atoms with Gasteiger partial charge in [0.1, 0.15) is 0 Å². The molecular weight excluding hydrogens is 236 g/mol. The van der Waals surface area contributed by atoms with Gasteiger partial charge in [-0.3, -0.25) is 4.79 Å². The lowest BCUT2D eigenvalue weighted by molar-refractivity contribution is -0.127. The van der Waals surface area contributed by atoms with Gasteiger partial charge in [-0.25, -0.2) is 0 Å². The maximum absolute atomic E-state index is 12.4. The Kier molecular flexibility index (Phi) is 5.26. The molecule has 2 fully saturated rings. The van der Waals surface area contributed by atoms with Gasteiger partial charge in [0.15, 0.2) is 0 Å². The number of hydrogen-bond acceptors (Lipinski definition) is 2. The molecule has 0 spiro atoms. The second kappa shape index (κ2) is 6.74. The molecule has 3 nitrogen and oxygen atoms in total. The fourth-order valence-electron chi connectivity index (χ4n) is 3.92. The third kappa shape index (κ3) is 3.95. The first-order chi connectivity index (χ1) is 9.10. The van der Waals surface area contributed by atoms with E-state index in [1.807, 2.05) is 0 Å². The van der Waals surface area contributed by atoms with Crippen LogP contribution in [0.1, 0.15) is 58.8 Å². The summed E-state index contributed by atoms with van der Waals surface area (Å²) < 4.78 is 0. The van der Waals surface area contributed by atoms with Gasteiger partial charge in [-0.05, 0) is 62.8 Å². The van der Waals surface area contributed by atoms with Crippen molar-refractivity contribution < 1.29 is 4.79 Å². The van der Waals surface area contributed by atoms with Crippen molar-refractivity contribution in [1.29, 1.82) is 0 Å². The second-order valence-corrected chi connectivity index (χ2v) is 6.98. The minimum absolute atomic E-state index is 0.217. The molecule has 0 heterocycles. The van der Waals surface area contributed by atoms with Crippen LogP contribution in [0.15, 0.2) is 0 Å². The second-order valence-electron chi connectivity index (χ2n) is 6.98.